The minimum absolute atomic E-state index is 0.340. The van der Waals surface area contributed by atoms with Crippen molar-refractivity contribution in [3.63, 3.8) is 0 Å². The van der Waals surface area contributed by atoms with Crippen LogP contribution < -0.4 is 14.8 Å². The Morgan fingerprint density at radius 2 is 2.13 bits per heavy atom. The van der Waals surface area contributed by atoms with Crippen LogP contribution in [0.15, 0.2) is 34.2 Å². The van der Waals surface area contributed by atoms with Gasteiger partial charge in [0.2, 0.25) is 6.10 Å². The molecule has 3 aromatic rings. The lowest BCUT2D eigenvalue weighted by molar-refractivity contribution is 0.0717. The molecule has 1 aliphatic heterocycles. The normalized spacial score (nSPS) is 16.3. The lowest BCUT2D eigenvalue weighted by Gasteiger charge is -2.23. The number of aryl methyl sites for hydroxylation is 1. The van der Waals surface area contributed by atoms with E-state index in [0.29, 0.717) is 30.8 Å². The number of rotatable bonds is 4. The van der Waals surface area contributed by atoms with Gasteiger partial charge in [-0.05, 0) is 19.1 Å². The van der Waals surface area contributed by atoms with Gasteiger partial charge in [-0.3, -0.25) is 0 Å². The highest BCUT2D eigenvalue weighted by molar-refractivity contribution is 7.09. The van der Waals surface area contributed by atoms with E-state index in [4.69, 9.17) is 13.9 Å². The fraction of sp³-hybridized carbons (Fsp3) is 0.267. The molecule has 1 aromatic carbocycles. The summed E-state index contributed by atoms with van der Waals surface area (Å²) in [6.07, 6.45) is -0.405. The first-order valence-corrected chi connectivity index (χ1v) is 8.02. The molecule has 118 valence electrons. The van der Waals surface area contributed by atoms with Crippen LogP contribution >= 0.6 is 11.3 Å². The number of thiazole rings is 1. The number of ether oxygens (including phenoxy) is 2. The molecule has 3 heterocycles. The van der Waals surface area contributed by atoms with Crippen LogP contribution in [0.1, 0.15) is 22.6 Å². The summed E-state index contributed by atoms with van der Waals surface area (Å²) in [5, 5.41) is 11.1. The Morgan fingerprint density at radius 1 is 1.26 bits per heavy atom. The number of fused-ring (bicyclic) bond motifs is 1. The fourth-order valence-electron chi connectivity index (χ4n) is 2.23. The number of para-hydroxylation sites is 2. The maximum absolute atomic E-state index is 5.84. The number of hydrogen-bond acceptors (Lipinski definition) is 8. The van der Waals surface area contributed by atoms with E-state index in [-0.39, 0.29) is 0 Å². The van der Waals surface area contributed by atoms with Gasteiger partial charge in [-0.25, -0.2) is 4.98 Å². The summed E-state index contributed by atoms with van der Waals surface area (Å²) in [5.74, 6) is 1.79. The zero-order valence-electron chi connectivity index (χ0n) is 12.4. The Balaban J connectivity index is 1.43. The van der Waals surface area contributed by atoms with Crippen LogP contribution in [0.2, 0.25) is 0 Å². The third kappa shape index (κ3) is 2.85. The highest BCUT2D eigenvalue weighted by Gasteiger charge is 2.27. The van der Waals surface area contributed by atoms with Crippen molar-refractivity contribution >= 4 is 17.4 Å². The number of benzene rings is 1. The minimum Gasteiger partial charge on any atom is -0.485 e. The zero-order valence-corrected chi connectivity index (χ0v) is 13.2. The van der Waals surface area contributed by atoms with Gasteiger partial charge in [0.25, 0.3) is 5.89 Å². The Morgan fingerprint density at radius 3 is 2.96 bits per heavy atom. The number of aromatic nitrogens is 3. The Hall–Kier alpha value is -2.61. The highest BCUT2D eigenvalue weighted by atomic mass is 32.1. The van der Waals surface area contributed by atoms with E-state index >= 15 is 0 Å². The summed E-state index contributed by atoms with van der Waals surface area (Å²) >= 11 is 1.59. The van der Waals surface area contributed by atoms with Gasteiger partial charge in [-0.2, -0.15) is 0 Å². The highest BCUT2D eigenvalue weighted by Crippen LogP contribution is 2.35. The van der Waals surface area contributed by atoms with E-state index in [0.717, 1.165) is 16.3 Å². The van der Waals surface area contributed by atoms with Crippen LogP contribution in [0, 0.1) is 6.92 Å². The topological polar surface area (TPSA) is 82.3 Å². The number of hydrogen-bond donors (Lipinski definition) is 1. The molecule has 0 fully saturated rings. The lowest BCUT2D eigenvalue weighted by atomic mass is 10.2. The monoisotopic (exact) mass is 330 g/mol. The third-order valence-corrected chi connectivity index (χ3v) is 4.40. The van der Waals surface area contributed by atoms with Crippen molar-refractivity contribution in [3.8, 4) is 11.5 Å². The largest absolute Gasteiger partial charge is 0.485 e. The lowest BCUT2D eigenvalue weighted by Crippen LogP contribution is -2.21. The maximum Gasteiger partial charge on any atom is 0.315 e. The second kappa shape index (κ2) is 5.88. The molecule has 7 nitrogen and oxygen atoms in total. The van der Waals surface area contributed by atoms with Crippen LogP contribution in [-0.2, 0) is 6.54 Å². The van der Waals surface area contributed by atoms with Crippen LogP contribution in [0.3, 0.4) is 0 Å². The van der Waals surface area contributed by atoms with E-state index in [1.807, 2.05) is 36.7 Å². The molecule has 4 rings (SSSR count). The van der Waals surface area contributed by atoms with Crippen molar-refractivity contribution < 1.29 is 13.9 Å². The van der Waals surface area contributed by atoms with Crippen LogP contribution in [0.25, 0.3) is 0 Å². The van der Waals surface area contributed by atoms with Crippen molar-refractivity contribution in [2.24, 2.45) is 0 Å². The molecule has 23 heavy (non-hydrogen) atoms. The first-order valence-electron chi connectivity index (χ1n) is 7.14. The predicted octanol–water partition coefficient (Wildman–Crippen LogP) is 2.96. The van der Waals surface area contributed by atoms with Gasteiger partial charge in [0.1, 0.15) is 6.61 Å². The average molecular weight is 330 g/mol. The van der Waals surface area contributed by atoms with Crippen molar-refractivity contribution in [2.75, 3.05) is 11.9 Å². The summed E-state index contributed by atoms with van der Waals surface area (Å²) < 4.78 is 17.1. The second-order valence-corrected chi connectivity index (χ2v) is 5.96. The zero-order chi connectivity index (χ0) is 15.6. The average Bonchev–Trinajstić information content (AvgIpc) is 3.21. The molecule has 0 radical (unpaired) electrons. The van der Waals surface area contributed by atoms with Crippen LogP contribution in [0.5, 0.6) is 11.5 Å². The van der Waals surface area contributed by atoms with E-state index in [2.05, 4.69) is 20.5 Å². The minimum atomic E-state index is -0.405. The van der Waals surface area contributed by atoms with Gasteiger partial charge in [-0.15, -0.1) is 16.4 Å². The summed E-state index contributed by atoms with van der Waals surface area (Å²) in [5.41, 5.74) is 2.82. The third-order valence-electron chi connectivity index (χ3n) is 3.47. The van der Waals surface area contributed by atoms with Gasteiger partial charge >= 0.3 is 6.01 Å². The predicted molar refractivity (Wildman–Crippen MR) is 83.8 cm³/mol. The SMILES string of the molecule is Cc1ncsc1CNc1nnc([C@@H]2COc3ccccc3O2)o1. The molecule has 0 aliphatic carbocycles. The van der Waals surface area contributed by atoms with Crippen molar-refractivity contribution in [1.29, 1.82) is 0 Å². The summed E-state index contributed by atoms with van der Waals surface area (Å²) in [6, 6.07) is 7.87. The van der Waals surface area contributed by atoms with E-state index in [1.54, 1.807) is 11.3 Å². The summed E-state index contributed by atoms with van der Waals surface area (Å²) in [7, 11) is 0. The standard InChI is InChI=1S/C15H14N4O3S/c1-9-13(23-8-17-9)6-16-15-19-18-14(22-15)12-7-20-10-4-2-3-5-11(10)21-12/h2-5,8,12H,6-7H2,1H3,(H,16,19)/t12-/m0/s1. The molecule has 1 N–H and O–H groups in total. The molecular weight excluding hydrogens is 316 g/mol. The smallest absolute Gasteiger partial charge is 0.315 e. The van der Waals surface area contributed by atoms with Crippen molar-refractivity contribution in [1.82, 2.24) is 15.2 Å². The first-order chi connectivity index (χ1) is 11.3. The second-order valence-electron chi connectivity index (χ2n) is 5.02. The van der Waals surface area contributed by atoms with Gasteiger partial charge in [-0.1, -0.05) is 17.2 Å². The Labute approximate surface area is 136 Å². The fourth-order valence-corrected chi connectivity index (χ4v) is 2.95. The van der Waals surface area contributed by atoms with Crippen molar-refractivity contribution in [3.05, 3.63) is 46.2 Å². The molecule has 0 saturated heterocycles. The van der Waals surface area contributed by atoms with Gasteiger partial charge in [0.15, 0.2) is 11.5 Å². The molecule has 8 heteroatoms. The number of anilines is 1. The molecule has 0 bridgehead atoms. The first kappa shape index (κ1) is 14.0. The number of nitrogens with zero attached hydrogens (tertiary/aromatic N) is 3. The molecule has 0 unspecified atom stereocenters. The molecular formula is C15H14N4O3S. The molecule has 0 spiro atoms. The molecule has 0 saturated carbocycles. The number of nitrogens with one attached hydrogen (secondary N) is 1. The van der Waals surface area contributed by atoms with Gasteiger partial charge in [0, 0.05) is 4.88 Å². The molecule has 0 amide bonds. The Bertz CT molecular complexity index is 816. The van der Waals surface area contributed by atoms with E-state index in [9.17, 15) is 0 Å². The molecule has 2 aromatic heterocycles. The Kier molecular flexibility index (Phi) is 3.58. The summed E-state index contributed by atoms with van der Waals surface area (Å²) in [4.78, 5) is 5.34. The molecule has 1 aliphatic rings. The summed E-state index contributed by atoms with van der Waals surface area (Å²) in [6.45, 7) is 2.91. The van der Waals surface area contributed by atoms with Gasteiger partial charge in [0.05, 0.1) is 17.7 Å². The quantitative estimate of drug-likeness (QED) is 0.787. The van der Waals surface area contributed by atoms with E-state index in [1.165, 1.54) is 0 Å². The van der Waals surface area contributed by atoms with Crippen LogP contribution in [-0.4, -0.2) is 21.8 Å². The van der Waals surface area contributed by atoms with Gasteiger partial charge < -0.3 is 19.2 Å². The van der Waals surface area contributed by atoms with Crippen molar-refractivity contribution in [2.45, 2.75) is 19.6 Å². The van der Waals surface area contributed by atoms with E-state index < -0.39 is 6.10 Å². The molecule has 1 atom stereocenters. The maximum atomic E-state index is 5.84. The van der Waals surface area contributed by atoms with Crippen LogP contribution in [0.4, 0.5) is 6.01 Å².